The van der Waals surface area contributed by atoms with Gasteiger partial charge in [-0.05, 0) is 26.7 Å². The van der Waals surface area contributed by atoms with E-state index in [9.17, 15) is 9.90 Å². The highest BCUT2D eigenvalue weighted by Gasteiger charge is 2.42. The summed E-state index contributed by atoms with van der Waals surface area (Å²) in [6.07, 6.45) is 0.858. The van der Waals surface area contributed by atoms with E-state index in [2.05, 4.69) is 0 Å². The summed E-state index contributed by atoms with van der Waals surface area (Å²) in [6.45, 7) is 5.72. The van der Waals surface area contributed by atoms with Gasteiger partial charge in [0, 0.05) is 18.9 Å². The van der Waals surface area contributed by atoms with Crippen LogP contribution in [0.5, 0.6) is 0 Å². The maximum atomic E-state index is 11.6. The first-order chi connectivity index (χ1) is 6.40. The monoisotopic (exact) mass is 200 g/mol. The minimum Gasteiger partial charge on any atom is -0.385 e. The molecule has 3 nitrogen and oxygen atoms in total. The Morgan fingerprint density at radius 2 is 2.00 bits per heavy atom. The van der Waals surface area contributed by atoms with Crippen molar-refractivity contribution in [1.82, 2.24) is 0 Å². The quantitative estimate of drug-likeness (QED) is 0.732. The molecule has 0 aromatic heterocycles. The third-order valence-electron chi connectivity index (χ3n) is 3.49. The van der Waals surface area contributed by atoms with E-state index in [1.165, 1.54) is 0 Å². The van der Waals surface area contributed by atoms with Crippen molar-refractivity contribution >= 4 is 5.78 Å². The smallest absolute Gasteiger partial charge is 0.164 e. The van der Waals surface area contributed by atoms with E-state index in [0.29, 0.717) is 0 Å². The molecule has 0 spiro atoms. The van der Waals surface area contributed by atoms with Gasteiger partial charge in [0.25, 0.3) is 0 Å². The molecule has 0 aliphatic heterocycles. The molecule has 3 atom stereocenters. The maximum Gasteiger partial charge on any atom is 0.164 e. The molecule has 1 aliphatic carbocycles. The summed E-state index contributed by atoms with van der Waals surface area (Å²) in [4.78, 5) is 11.6. The summed E-state index contributed by atoms with van der Waals surface area (Å²) in [5.41, 5.74) is -0.421. The summed E-state index contributed by atoms with van der Waals surface area (Å²) in [5.74, 6) is -0.114. The van der Waals surface area contributed by atoms with Gasteiger partial charge in [0.2, 0.25) is 0 Å². The standard InChI is InChI=1S/C11H20O3/c1-7-5-6-8(10(13)9(7)12)11(2,3)14-4/h7-8,10,13H,5-6H2,1-4H3/t7-,8-,10+/m0/s1. The molecule has 0 amide bonds. The van der Waals surface area contributed by atoms with Crippen LogP contribution in [0.25, 0.3) is 0 Å². The second kappa shape index (κ2) is 3.99. The van der Waals surface area contributed by atoms with Crippen LogP contribution in [0.1, 0.15) is 33.6 Å². The topological polar surface area (TPSA) is 46.5 Å². The van der Waals surface area contributed by atoms with Crippen molar-refractivity contribution in [3.05, 3.63) is 0 Å². The first kappa shape index (κ1) is 11.7. The van der Waals surface area contributed by atoms with Crippen LogP contribution < -0.4 is 0 Å². The highest BCUT2D eigenvalue weighted by atomic mass is 16.5. The predicted molar refractivity (Wildman–Crippen MR) is 54.0 cm³/mol. The third-order valence-corrected chi connectivity index (χ3v) is 3.49. The molecule has 1 fully saturated rings. The van der Waals surface area contributed by atoms with E-state index in [-0.39, 0.29) is 17.6 Å². The lowest BCUT2D eigenvalue weighted by molar-refractivity contribution is -0.149. The Morgan fingerprint density at radius 3 is 2.50 bits per heavy atom. The first-order valence-electron chi connectivity index (χ1n) is 5.17. The average Bonchev–Trinajstić information content (AvgIpc) is 2.14. The molecular weight excluding hydrogens is 180 g/mol. The molecule has 1 N–H and O–H groups in total. The Morgan fingerprint density at radius 1 is 1.43 bits per heavy atom. The molecule has 0 unspecified atom stereocenters. The summed E-state index contributed by atoms with van der Waals surface area (Å²) in [7, 11) is 1.62. The average molecular weight is 200 g/mol. The molecule has 82 valence electrons. The number of carbonyl (C=O) groups is 1. The van der Waals surface area contributed by atoms with Crippen LogP contribution >= 0.6 is 0 Å². The van der Waals surface area contributed by atoms with Crippen LogP contribution in [-0.2, 0) is 9.53 Å². The fourth-order valence-corrected chi connectivity index (χ4v) is 2.10. The summed E-state index contributed by atoms with van der Waals surface area (Å²) >= 11 is 0. The van der Waals surface area contributed by atoms with E-state index in [1.54, 1.807) is 7.11 Å². The van der Waals surface area contributed by atoms with E-state index < -0.39 is 11.7 Å². The molecule has 3 heteroatoms. The highest BCUT2D eigenvalue weighted by molar-refractivity contribution is 5.86. The fraction of sp³-hybridized carbons (Fsp3) is 0.909. The van der Waals surface area contributed by atoms with E-state index in [1.807, 2.05) is 20.8 Å². The van der Waals surface area contributed by atoms with Crippen LogP contribution in [0.2, 0.25) is 0 Å². The van der Waals surface area contributed by atoms with Crippen molar-refractivity contribution in [2.75, 3.05) is 7.11 Å². The largest absolute Gasteiger partial charge is 0.385 e. The normalized spacial score (nSPS) is 34.6. The third kappa shape index (κ3) is 1.98. The lowest BCUT2D eigenvalue weighted by atomic mass is 9.72. The number of rotatable bonds is 2. The number of aliphatic hydroxyl groups is 1. The zero-order valence-corrected chi connectivity index (χ0v) is 9.41. The Balaban J connectivity index is 2.78. The zero-order valence-electron chi connectivity index (χ0n) is 9.41. The van der Waals surface area contributed by atoms with E-state index >= 15 is 0 Å². The van der Waals surface area contributed by atoms with Crippen LogP contribution in [-0.4, -0.2) is 29.7 Å². The summed E-state index contributed by atoms with van der Waals surface area (Å²) in [5, 5.41) is 9.85. The van der Waals surface area contributed by atoms with Gasteiger partial charge >= 0.3 is 0 Å². The molecule has 0 heterocycles. The molecule has 0 radical (unpaired) electrons. The van der Waals surface area contributed by atoms with Crippen molar-refractivity contribution in [3.8, 4) is 0 Å². The molecule has 0 aromatic carbocycles. The zero-order chi connectivity index (χ0) is 10.9. The van der Waals surface area contributed by atoms with E-state index in [0.717, 1.165) is 12.8 Å². The van der Waals surface area contributed by atoms with E-state index in [4.69, 9.17) is 4.74 Å². The van der Waals surface area contributed by atoms with Crippen LogP contribution in [0.4, 0.5) is 0 Å². The number of carbonyl (C=O) groups excluding carboxylic acids is 1. The predicted octanol–water partition coefficient (Wildman–Crippen LogP) is 1.39. The van der Waals surface area contributed by atoms with Crippen molar-refractivity contribution in [2.24, 2.45) is 11.8 Å². The number of hydrogen-bond donors (Lipinski definition) is 1. The highest BCUT2D eigenvalue weighted by Crippen LogP contribution is 2.35. The van der Waals surface area contributed by atoms with Crippen molar-refractivity contribution in [1.29, 1.82) is 0 Å². The van der Waals surface area contributed by atoms with Gasteiger partial charge in [-0.1, -0.05) is 6.92 Å². The lowest BCUT2D eigenvalue weighted by Crippen LogP contribution is -2.49. The number of ether oxygens (including phenoxy) is 1. The Hall–Kier alpha value is -0.410. The second-order valence-electron chi connectivity index (χ2n) is 4.74. The Kier molecular flexibility index (Phi) is 3.32. The van der Waals surface area contributed by atoms with Crippen LogP contribution in [0.15, 0.2) is 0 Å². The van der Waals surface area contributed by atoms with Gasteiger partial charge in [-0.2, -0.15) is 0 Å². The fourth-order valence-electron chi connectivity index (χ4n) is 2.10. The van der Waals surface area contributed by atoms with Gasteiger partial charge in [-0.15, -0.1) is 0 Å². The minimum atomic E-state index is -0.853. The van der Waals surface area contributed by atoms with Gasteiger partial charge in [-0.3, -0.25) is 4.79 Å². The number of hydrogen-bond acceptors (Lipinski definition) is 3. The molecule has 1 aliphatic rings. The number of aliphatic hydroxyl groups excluding tert-OH is 1. The van der Waals surface area contributed by atoms with Crippen molar-refractivity contribution in [3.63, 3.8) is 0 Å². The first-order valence-corrected chi connectivity index (χ1v) is 5.17. The molecule has 14 heavy (non-hydrogen) atoms. The molecular formula is C11H20O3. The number of ketones is 1. The molecule has 1 saturated carbocycles. The van der Waals surface area contributed by atoms with Crippen LogP contribution in [0.3, 0.4) is 0 Å². The second-order valence-corrected chi connectivity index (χ2v) is 4.74. The SMILES string of the molecule is COC(C)(C)[C@H]1CC[C@H](C)C(=O)[C@@H]1O. The molecule has 1 rings (SSSR count). The van der Waals surface area contributed by atoms with Crippen LogP contribution in [0, 0.1) is 11.8 Å². The summed E-state index contributed by atoms with van der Waals surface area (Å²) < 4.78 is 5.32. The molecule has 0 bridgehead atoms. The maximum absolute atomic E-state index is 11.6. The summed E-state index contributed by atoms with van der Waals surface area (Å²) in [6, 6.07) is 0. The van der Waals surface area contributed by atoms with Gasteiger partial charge in [0.05, 0.1) is 5.60 Å². The lowest BCUT2D eigenvalue weighted by Gasteiger charge is -2.39. The Labute approximate surface area is 85.5 Å². The van der Waals surface area contributed by atoms with Gasteiger partial charge in [0.1, 0.15) is 6.10 Å². The minimum absolute atomic E-state index is 0.00564. The molecule has 0 saturated heterocycles. The number of Topliss-reactive ketones (excluding diaryl/α,β-unsaturated/α-hetero) is 1. The number of methoxy groups -OCH3 is 1. The van der Waals surface area contributed by atoms with Gasteiger partial charge in [0.15, 0.2) is 5.78 Å². The van der Waals surface area contributed by atoms with Gasteiger partial charge < -0.3 is 9.84 Å². The Bertz CT molecular complexity index is 223. The van der Waals surface area contributed by atoms with Crippen molar-refractivity contribution < 1.29 is 14.6 Å². The van der Waals surface area contributed by atoms with Gasteiger partial charge in [-0.25, -0.2) is 0 Å². The molecule has 0 aromatic rings. The van der Waals surface area contributed by atoms with Crippen molar-refractivity contribution in [2.45, 2.75) is 45.3 Å².